The van der Waals surface area contributed by atoms with Gasteiger partial charge >= 0.3 is 0 Å². The molecule has 0 saturated carbocycles. The molecule has 3 aromatic rings. The van der Waals surface area contributed by atoms with Crippen LogP contribution >= 0.6 is 23.2 Å². The highest BCUT2D eigenvalue weighted by Crippen LogP contribution is 2.28. The number of amides is 1. The van der Waals surface area contributed by atoms with E-state index in [1.165, 1.54) is 18.5 Å². The highest BCUT2D eigenvalue weighted by atomic mass is 35.5. The Labute approximate surface area is 170 Å². The van der Waals surface area contributed by atoms with Gasteiger partial charge in [0.1, 0.15) is 17.6 Å². The molecule has 0 fully saturated rings. The highest BCUT2D eigenvalue weighted by Gasteiger charge is 2.19. The van der Waals surface area contributed by atoms with Gasteiger partial charge in [0.2, 0.25) is 5.43 Å². The van der Waals surface area contributed by atoms with E-state index in [-0.39, 0.29) is 11.0 Å². The second-order valence-electron chi connectivity index (χ2n) is 5.84. The van der Waals surface area contributed by atoms with Crippen LogP contribution in [0.2, 0.25) is 10.0 Å². The second kappa shape index (κ2) is 8.91. The van der Waals surface area contributed by atoms with Crippen LogP contribution in [0.25, 0.3) is 11.0 Å². The molecule has 1 aromatic heterocycles. The Kier molecular flexibility index (Phi) is 6.34. The Balaban J connectivity index is 1.69. The molecule has 0 aliphatic carbocycles. The molecule has 0 aliphatic rings. The van der Waals surface area contributed by atoms with Gasteiger partial charge in [-0.05, 0) is 36.8 Å². The Morgan fingerprint density at radius 2 is 2.07 bits per heavy atom. The number of para-hydroxylation sites is 1. The van der Waals surface area contributed by atoms with Crippen molar-refractivity contribution in [3.8, 4) is 5.75 Å². The number of rotatable bonds is 6. The van der Waals surface area contributed by atoms with Crippen molar-refractivity contribution in [2.45, 2.75) is 19.4 Å². The van der Waals surface area contributed by atoms with Gasteiger partial charge < -0.3 is 9.15 Å². The van der Waals surface area contributed by atoms with Gasteiger partial charge in [0.05, 0.1) is 22.2 Å². The number of nitrogens with one attached hydrogen (secondary N) is 1. The number of fused-ring (bicyclic) bond motifs is 1. The molecule has 1 heterocycles. The van der Waals surface area contributed by atoms with Gasteiger partial charge in [-0.25, -0.2) is 5.43 Å². The van der Waals surface area contributed by atoms with E-state index in [2.05, 4.69) is 10.5 Å². The lowest BCUT2D eigenvalue weighted by atomic mass is 10.2. The monoisotopic (exact) mass is 418 g/mol. The SMILES string of the molecule is CC[C@@H](Oc1ccc(Cl)cc1Cl)C(=O)N/N=C\c1coc2ccccc2c1=O. The van der Waals surface area contributed by atoms with Crippen LogP contribution in [-0.2, 0) is 4.79 Å². The number of carbonyl (C=O) groups excluding carboxylic acids is 1. The lowest BCUT2D eigenvalue weighted by molar-refractivity contribution is -0.128. The van der Waals surface area contributed by atoms with E-state index in [0.29, 0.717) is 33.2 Å². The molecular formula is C20H16Cl2N2O4. The first kappa shape index (κ1) is 19.9. The van der Waals surface area contributed by atoms with Gasteiger partial charge in [0.15, 0.2) is 6.10 Å². The molecule has 1 N–H and O–H groups in total. The summed E-state index contributed by atoms with van der Waals surface area (Å²) in [6.45, 7) is 1.79. The molecule has 0 saturated heterocycles. The molecule has 6 nitrogen and oxygen atoms in total. The number of benzene rings is 2. The minimum Gasteiger partial charge on any atom is -0.479 e. The molecule has 0 unspecified atom stereocenters. The van der Waals surface area contributed by atoms with Gasteiger partial charge in [-0.3, -0.25) is 9.59 Å². The minimum absolute atomic E-state index is 0.216. The summed E-state index contributed by atoms with van der Waals surface area (Å²) in [6, 6.07) is 11.6. The first-order valence-corrected chi connectivity index (χ1v) is 9.20. The zero-order valence-electron chi connectivity index (χ0n) is 14.8. The predicted molar refractivity (Wildman–Crippen MR) is 109 cm³/mol. The summed E-state index contributed by atoms with van der Waals surface area (Å²) in [5.41, 5.74) is 2.82. The number of hydrogen-bond donors (Lipinski definition) is 1. The van der Waals surface area contributed by atoms with E-state index in [4.69, 9.17) is 32.4 Å². The Morgan fingerprint density at radius 1 is 1.29 bits per heavy atom. The summed E-state index contributed by atoms with van der Waals surface area (Å²) < 4.78 is 11.0. The topological polar surface area (TPSA) is 80.9 Å². The average molecular weight is 419 g/mol. The van der Waals surface area contributed by atoms with Gasteiger partial charge in [0.25, 0.3) is 5.91 Å². The van der Waals surface area contributed by atoms with Gasteiger partial charge in [-0.2, -0.15) is 5.10 Å². The van der Waals surface area contributed by atoms with Crippen molar-refractivity contribution in [1.82, 2.24) is 5.43 Å². The van der Waals surface area contributed by atoms with Crippen LogP contribution in [0.3, 0.4) is 0 Å². The molecule has 0 radical (unpaired) electrons. The third kappa shape index (κ3) is 4.52. The van der Waals surface area contributed by atoms with Crippen molar-refractivity contribution in [1.29, 1.82) is 0 Å². The summed E-state index contributed by atoms with van der Waals surface area (Å²) in [5.74, 6) is -0.137. The van der Waals surface area contributed by atoms with Crippen LogP contribution in [0.5, 0.6) is 5.75 Å². The van der Waals surface area contributed by atoms with Crippen molar-refractivity contribution in [2.75, 3.05) is 0 Å². The summed E-state index contributed by atoms with van der Waals surface area (Å²) in [7, 11) is 0. The summed E-state index contributed by atoms with van der Waals surface area (Å²) in [4.78, 5) is 24.7. The first-order valence-electron chi connectivity index (χ1n) is 8.44. The Bertz CT molecular complexity index is 1100. The minimum atomic E-state index is -0.816. The quantitative estimate of drug-likeness (QED) is 0.474. The van der Waals surface area contributed by atoms with E-state index >= 15 is 0 Å². The fraction of sp³-hybridized carbons (Fsp3) is 0.150. The van der Waals surface area contributed by atoms with E-state index in [1.54, 1.807) is 43.3 Å². The Morgan fingerprint density at radius 3 is 2.82 bits per heavy atom. The third-order valence-corrected chi connectivity index (χ3v) is 4.44. The number of halogens is 2. The molecular weight excluding hydrogens is 403 g/mol. The van der Waals surface area contributed by atoms with Crippen molar-refractivity contribution < 1.29 is 13.9 Å². The molecule has 0 spiro atoms. The van der Waals surface area contributed by atoms with Crippen LogP contribution in [0.1, 0.15) is 18.9 Å². The molecule has 1 atom stereocenters. The zero-order valence-corrected chi connectivity index (χ0v) is 16.3. The maximum absolute atomic E-state index is 12.4. The lowest BCUT2D eigenvalue weighted by Crippen LogP contribution is -2.35. The smallest absolute Gasteiger partial charge is 0.281 e. The third-order valence-electron chi connectivity index (χ3n) is 3.91. The van der Waals surface area contributed by atoms with Crippen LogP contribution in [0.4, 0.5) is 0 Å². The normalized spacial score (nSPS) is 12.2. The fourth-order valence-electron chi connectivity index (χ4n) is 2.47. The molecule has 3 rings (SSSR count). The molecule has 0 bridgehead atoms. The zero-order chi connectivity index (χ0) is 20.1. The molecule has 2 aromatic carbocycles. The van der Waals surface area contributed by atoms with E-state index in [9.17, 15) is 9.59 Å². The van der Waals surface area contributed by atoms with Crippen LogP contribution in [-0.4, -0.2) is 18.2 Å². The standard InChI is InChI=1S/C20H16Cl2N2O4/c1-2-16(28-18-8-7-13(21)9-15(18)22)20(26)24-23-10-12-11-27-17-6-4-3-5-14(17)19(12)25/h3-11,16H,2H2,1H3,(H,24,26)/b23-10-/t16-/m1/s1. The van der Waals surface area contributed by atoms with Crippen LogP contribution in [0.15, 0.2) is 63.0 Å². The summed E-state index contributed by atoms with van der Waals surface area (Å²) >= 11 is 11.9. The van der Waals surface area contributed by atoms with Crippen molar-refractivity contribution in [3.63, 3.8) is 0 Å². The van der Waals surface area contributed by atoms with Crippen LogP contribution in [0, 0.1) is 0 Å². The molecule has 0 aliphatic heterocycles. The highest BCUT2D eigenvalue weighted by molar-refractivity contribution is 6.35. The molecule has 144 valence electrons. The maximum atomic E-state index is 12.4. The predicted octanol–water partition coefficient (Wildman–Crippen LogP) is 4.41. The van der Waals surface area contributed by atoms with Crippen LogP contribution < -0.4 is 15.6 Å². The largest absolute Gasteiger partial charge is 0.479 e. The summed E-state index contributed by atoms with van der Waals surface area (Å²) in [6.07, 6.45) is 2.10. The number of hydrazone groups is 1. The average Bonchev–Trinajstić information content (AvgIpc) is 2.69. The maximum Gasteiger partial charge on any atom is 0.281 e. The second-order valence-corrected chi connectivity index (χ2v) is 6.68. The van der Waals surface area contributed by atoms with Gasteiger partial charge in [-0.15, -0.1) is 0 Å². The molecule has 8 heteroatoms. The lowest BCUT2D eigenvalue weighted by Gasteiger charge is -2.16. The fourth-order valence-corrected chi connectivity index (χ4v) is 2.92. The van der Waals surface area contributed by atoms with E-state index in [0.717, 1.165) is 0 Å². The number of hydrogen-bond acceptors (Lipinski definition) is 5. The number of nitrogens with zero attached hydrogens (tertiary/aromatic N) is 1. The first-order chi connectivity index (χ1) is 13.5. The van der Waals surface area contributed by atoms with Crippen molar-refractivity contribution >= 4 is 46.3 Å². The van der Waals surface area contributed by atoms with Crippen molar-refractivity contribution in [2.24, 2.45) is 5.10 Å². The number of ether oxygens (including phenoxy) is 1. The Hall–Kier alpha value is -2.83. The van der Waals surface area contributed by atoms with E-state index in [1.807, 2.05) is 0 Å². The molecule has 28 heavy (non-hydrogen) atoms. The molecule has 1 amide bonds. The number of carbonyl (C=O) groups is 1. The van der Waals surface area contributed by atoms with Gasteiger partial charge in [0, 0.05) is 5.02 Å². The van der Waals surface area contributed by atoms with E-state index < -0.39 is 12.0 Å². The summed E-state index contributed by atoms with van der Waals surface area (Å²) in [5, 5.41) is 5.04. The van der Waals surface area contributed by atoms with Crippen molar-refractivity contribution in [3.05, 3.63) is 74.6 Å². The van der Waals surface area contributed by atoms with Gasteiger partial charge in [-0.1, -0.05) is 42.3 Å².